The third-order valence-corrected chi connectivity index (χ3v) is 8.51. The van der Waals surface area contributed by atoms with Crippen LogP contribution in [-0.2, 0) is 0 Å². The van der Waals surface area contributed by atoms with E-state index in [0.29, 0.717) is 12.1 Å². The normalized spacial score (nSPS) is 20.9. The fourth-order valence-corrected chi connectivity index (χ4v) is 6.31. The Balaban J connectivity index is 1.48. The smallest absolute Gasteiger partial charge is 0.0427 e. The second-order valence-electron chi connectivity index (χ2n) is 10.7. The van der Waals surface area contributed by atoms with Gasteiger partial charge in [-0.05, 0) is 86.5 Å². The zero-order valence-electron chi connectivity index (χ0n) is 21.6. The summed E-state index contributed by atoms with van der Waals surface area (Å²) in [7, 11) is 4.51. The van der Waals surface area contributed by atoms with Crippen molar-refractivity contribution in [3.8, 4) is 11.1 Å². The van der Waals surface area contributed by atoms with Gasteiger partial charge in [-0.15, -0.1) is 0 Å². The van der Waals surface area contributed by atoms with E-state index in [1.165, 1.54) is 82.8 Å². The van der Waals surface area contributed by atoms with Crippen LogP contribution in [0.3, 0.4) is 0 Å². The molecule has 0 aromatic heterocycles. The number of likely N-dealkylation sites (N-methyl/N-ethyl adjacent to an activating group) is 2. The minimum atomic E-state index is 0.590. The van der Waals surface area contributed by atoms with Crippen LogP contribution < -0.4 is 10.6 Å². The molecule has 2 aliphatic heterocycles. The van der Waals surface area contributed by atoms with Crippen LogP contribution in [0.5, 0.6) is 0 Å². The van der Waals surface area contributed by atoms with Crippen molar-refractivity contribution in [3.05, 3.63) is 72.8 Å². The van der Waals surface area contributed by atoms with E-state index in [4.69, 9.17) is 0 Å². The summed E-state index contributed by atoms with van der Waals surface area (Å²) in [5.41, 5.74) is 5.08. The van der Waals surface area contributed by atoms with Crippen molar-refractivity contribution in [1.29, 1.82) is 0 Å². The Labute approximate surface area is 215 Å². The van der Waals surface area contributed by atoms with E-state index in [1.807, 2.05) is 0 Å². The zero-order chi connectivity index (χ0) is 24.5. The number of fused-ring (bicyclic) bond motifs is 2. The summed E-state index contributed by atoms with van der Waals surface area (Å²) < 4.78 is 0. The van der Waals surface area contributed by atoms with Gasteiger partial charge in [0.25, 0.3) is 0 Å². The first-order chi connectivity index (χ1) is 17.7. The number of nitrogens with zero attached hydrogens (tertiary/aromatic N) is 2. The van der Waals surface area contributed by atoms with Gasteiger partial charge in [-0.1, -0.05) is 60.7 Å². The summed E-state index contributed by atoms with van der Waals surface area (Å²) in [4.78, 5) is 4.99. The van der Waals surface area contributed by atoms with Gasteiger partial charge in [-0.3, -0.25) is 0 Å². The van der Waals surface area contributed by atoms with E-state index in [-0.39, 0.29) is 0 Å². The van der Waals surface area contributed by atoms with Gasteiger partial charge in [0.15, 0.2) is 0 Å². The van der Waals surface area contributed by atoms with Crippen LogP contribution in [0.1, 0.15) is 25.7 Å². The van der Waals surface area contributed by atoms with Gasteiger partial charge in [-0.2, -0.15) is 0 Å². The molecule has 0 bridgehead atoms. The van der Waals surface area contributed by atoms with Crippen LogP contribution in [0.15, 0.2) is 72.8 Å². The maximum absolute atomic E-state index is 3.89. The first kappa shape index (κ1) is 23.3. The second-order valence-corrected chi connectivity index (χ2v) is 10.7. The number of hydrogen-bond donors (Lipinski definition) is 2. The number of nitrogens with one attached hydrogen (secondary N) is 2. The van der Waals surface area contributed by atoms with Crippen molar-refractivity contribution in [3.63, 3.8) is 0 Å². The zero-order valence-corrected chi connectivity index (χ0v) is 21.6. The lowest BCUT2D eigenvalue weighted by Gasteiger charge is -2.25. The number of likely N-dealkylation sites (tertiary alicyclic amines) is 2. The van der Waals surface area contributed by atoms with Crippen LogP contribution in [0.2, 0.25) is 0 Å². The Hall–Kier alpha value is -3.08. The van der Waals surface area contributed by atoms with Crippen LogP contribution >= 0.6 is 0 Å². The van der Waals surface area contributed by atoms with Gasteiger partial charge in [0, 0.05) is 47.7 Å². The van der Waals surface area contributed by atoms with Crippen LogP contribution in [-0.4, -0.2) is 62.2 Å². The highest BCUT2D eigenvalue weighted by Gasteiger charge is 2.24. The molecule has 4 aromatic carbocycles. The highest BCUT2D eigenvalue weighted by atomic mass is 15.2. The summed E-state index contributed by atoms with van der Waals surface area (Å²) in [5.74, 6) is 0. The van der Waals surface area contributed by atoms with Crippen molar-refractivity contribution < 1.29 is 0 Å². The van der Waals surface area contributed by atoms with E-state index in [0.717, 1.165) is 13.1 Å². The Kier molecular flexibility index (Phi) is 6.56. The molecule has 0 saturated carbocycles. The van der Waals surface area contributed by atoms with Gasteiger partial charge in [0.1, 0.15) is 0 Å². The van der Waals surface area contributed by atoms with Crippen LogP contribution in [0.4, 0.5) is 11.4 Å². The second kappa shape index (κ2) is 10.1. The van der Waals surface area contributed by atoms with E-state index in [2.05, 4.69) is 107 Å². The lowest BCUT2D eigenvalue weighted by atomic mass is 9.90. The molecule has 0 amide bonds. The highest BCUT2D eigenvalue weighted by Crippen LogP contribution is 2.43. The first-order valence-electron chi connectivity index (χ1n) is 13.6. The number of anilines is 2. The molecule has 2 fully saturated rings. The third kappa shape index (κ3) is 4.44. The van der Waals surface area contributed by atoms with Gasteiger partial charge >= 0.3 is 0 Å². The molecule has 6 rings (SSSR count). The molecule has 4 aromatic rings. The minimum Gasteiger partial charge on any atom is -0.383 e. The van der Waals surface area contributed by atoms with E-state index < -0.39 is 0 Å². The molecule has 4 heteroatoms. The summed E-state index contributed by atoms with van der Waals surface area (Å²) in [6, 6.07) is 28.0. The Morgan fingerprint density at radius 3 is 1.47 bits per heavy atom. The van der Waals surface area contributed by atoms with Crippen LogP contribution in [0.25, 0.3) is 32.7 Å². The van der Waals surface area contributed by atoms with Crippen molar-refractivity contribution in [1.82, 2.24) is 9.80 Å². The molecule has 4 nitrogen and oxygen atoms in total. The topological polar surface area (TPSA) is 30.5 Å². The van der Waals surface area contributed by atoms with E-state index in [9.17, 15) is 0 Å². The van der Waals surface area contributed by atoms with Crippen molar-refractivity contribution in [2.45, 2.75) is 37.8 Å². The average molecular weight is 479 g/mol. The monoisotopic (exact) mass is 478 g/mol. The Morgan fingerprint density at radius 1 is 0.611 bits per heavy atom. The maximum Gasteiger partial charge on any atom is 0.0427 e. The largest absolute Gasteiger partial charge is 0.383 e. The van der Waals surface area contributed by atoms with Gasteiger partial charge in [0.05, 0.1) is 0 Å². The molecule has 0 unspecified atom stereocenters. The molecule has 186 valence electrons. The average Bonchev–Trinajstić information content (AvgIpc) is 3.52. The Bertz CT molecular complexity index is 1260. The summed E-state index contributed by atoms with van der Waals surface area (Å²) in [5, 5.41) is 13.0. The van der Waals surface area contributed by atoms with Crippen molar-refractivity contribution >= 4 is 32.9 Å². The number of rotatable bonds is 7. The lowest BCUT2D eigenvalue weighted by Crippen LogP contribution is -2.32. The fourth-order valence-electron chi connectivity index (χ4n) is 6.31. The fraction of sp³-hybridized carbons (Fsp3) is 0.375. The van der Waals surface area contributed by atoms with Crippen molar-refractivity contribution in [2.75, 3.05) is 50.9 Å². The minimum absolute atomic E-state index is 0.590. The summed E-state index contributed by atoms with van der Waals surface area (Å²) in [6.45, 7) is 4.35. The molecular weight excluding hydrogens is 440 g/mol. The van der Waals surface area contributed by atoms with E-state index >= 15 is 0 Å². The summed E-state index contributed by atoms with van der Waals surface area (Å²) in [6.07, 6.45) is 5.12. The standard InChI is InChI=1S/C32H38N4/c1-35-19-7-11-25(35)21-33-29-17-15-23-9-3-5-13-27(23)31(29)32-28-14-6-4-10-24(28)16-18-30(32)34-22-26-12-8-20-36(26)2/h3-6,9-10,13-18,25-26,33-34H,7-8,11-12,19-22H2,1-2H3/t25-,26-/m0/s1. The molecule has 0 aliphatic carbocycles. The Morgan fingerprint density at radius 2 is 1.06 bits per heavy atom. The molecular formula is C32H38N4. The molecule has 2 atom stereocenters. The quantitative estimate of drug-likeness (QED) is 0.310. The molecule has 2 N–H and O–H groups in total. The molecule has 2 aliphatic rings. The van der Waals surface area contributed by atoms with Crippen molar-refractivity contribution in [2.24, 2.45) is 0 Å². The number of hydrogen-bond acceptors (Lipinski definition) is 4. The predicted octanol–water partition coefficient (Wildman–Crippen LogP) is 6.67. The molecule has 0 radical (unpaired) electrons. The highest BCUT2D eigenvalue weighted by molar-refractivity contribution is 6.13. The van der Waals surface area contributed by atoms with Gasteiger partial charge in [-0.25, -0.2) is 0 Å². The van der Waals surface area contributed by atoms with Gasteiger partial charge < -0.3 is 20.4 Å². The maximum atomic E-state index is 3.89. The van der Waals surface area contributed by atoms with E-state index in [1.54, 1.807) is 0 Å². The molecule has 0 spiro atoms. The van der Waals surface area contributed by atoms with Crippen LogP contribution in [0, 0.1) is 0 Å². The molecule has 2 saturated heterocycles. The first-order valence-corrected chi connectivity index (χ1v) is 13.6. The third-order valence-electron chi connectivity index (χ3n) is 8.51. The molecule has 2 heterocycles. The summed E-state index contributed by atoms with van der Waals surface area (Å²) >= 11 is 0. The predicted molar refractivity (Wildman–Crippen MR) is 155 cm³/mol. The molecule has 36 heavy (non-hydrogen) atoms. The van der Waals surface area contributed by atoms with Gasteiger partial charge in [0.2, 0.25) is 0 Å². The SMILES string of the molecule is CN1CCC[C@H]1CNc1ccc2ccccc2c1-c1c(NC[C@@H]2CCCN2C)ccc2ccccc12. The number of benzene rings is 4. The lowest BCUT2D eigenvalue weighted by molar-refractivity contribution is 0.322.